The first-order chi connectivity index (χ1) is 20.5. The summed E-state index contributed by atoms with van der Waals surface area (Å²) in [7, 11) is -2.60. The molecule has 2 aromatic carbocycles. The molecule has 2 aromatic rings. The Bertz CT molecular complexity index is 1410. The minimum Gasteiger partial charge on any atom is -0.481 e. The van der Waals surface area contributed by atoms with Gasteiger partial charge in [0.1, 0.15) is 11.6 Å². The van der Waals surface area contributed by atoms with E-state index < -0.39 is 62.0 Å². The summed E-state index contributed by atoms with van der Waals surface area (Å²) in [5, 5.41) is 33.7. The molecule has 3 amide bonds. The van der Waals surface area contributed by atoms with Crippen LogP contribution in [0.5, 0.6) is 0 Å². The molecule has 4 rings (SSSR count). The average molecular weight is 601 g/mol. The number of carboxylic acids is 1. The molecule has 0 aliphatic carbocycles. The number of amides is 3. The summed E-state index contributed by atoms with van der Waals surface area (Å²) in [5.74, 6) is -5.44. The Morgan fingerprint density at radius 2 is 1.49 bits per heavy atom. The predicted octanol–water partition coefficient (Wildman–Crippen LogP) is -0.720. The molecular weight excluding hydrogens is 570 g/mol. The number of carboxylic acid groups (broad SMARTS) is 1. The van der Waals surface area contributed by atoms with Crippen LogP contribution in [0.25, 0.3) is 0 Å². The van der Waals surface area contributed by atoms with Crippen molar-refractivity contribution in [1.82, 2.24) is 15.5 Å². The van der Waals surface area contributed by atoms with Crippen LogP contribution in [0.1, 0.15) is 58.0 Å². The summed E-state index contributed by atoms with van der Waals surface area (Å²) >= 11 is 0. The van der Waals surface area contributed by atoms with Gasteiger partial charge in [0.05, 0.1) is 36.8 Å². The maximum absolute atomic E-state index is 14.9. The Morgan fingerprint density at radius 1 is 0.907 bits per heavy atom. The van der Waals surface area contributed by atoms with Crippen molar-refractivity contribution in [3.63, 3.8) is 0 Å². The first-order valence-electron chi connectivity index (χ1n) is 13.8. The Labute approximate surface area is 246 Å². The van der Waals surface area contributed by atoms with Gasteiger partial charge in [-0.3, -0.25) is 19.2 Å². The number of hydrogen-bond acceptors (Lipinski definition) is 8. The number of benzene rings is 2. The van der Waals surface area contributed by atoms with E-state index in [0.29, 0.717) is 30.4 Å². The van der Waals surface area contributed by atoms with Crippen molar-refractivity contribution in [3.05, 3.63) is 58.2 Å². The lowest BCUT2D eigenvalue weighted by atomic mass is 9.79. The van der Waals surface area contributed by atoms with Gasteiger partial charge in [0.15, 0.2) is 0 Å². The van der Waals surface area contributed by atoms with Crippen LogP contribution in [0.15, 0.2) is 24.3 Å². The van der Waals surface area contributed by atoms with Crippen LogP contribution < -0.4 is 21.6 Å². The first kappa shape index (κ1) is 32.1. The molecule has 5 N–H and O–H groups in total. The van der Waals surface area contributed by atoms with Gasteiger partial charge in [-0.05, 0) is 59.2 Å². The summed E-state index contributed by atoms with van der Waals surface area (Å²) < 4.78 is 39.6. The summed E-state index contributed by atoms with van der Waals surface area (Å²) in [5.41, 5.74) is 0.617. The quantitative estimate of drug-likeness (QED) is 0.147. The highest BCUT2D eigenvalue weighted by atomic mass is 19.1. The number of nitrogens with zero attached hydrogens (tertiary/aromatic N) is 1. The molecule has 0 unspecified atom stereocenters. The van der Waals surface area contributed by atoms with Crippen LogP contribution in [0.2, 0.25) is 0 Å². The molecule has 2 heterocycles. The molecule has 0 spiro atoms. The van der Waals surface area contributed by atoms with Crippen molar-refractivity contribution in [2.24, 2.45) is 5.92 Å². The molecule has 43 heavy (non-hydrogen) atoms. The number of hydrogen-bond donors (Lipinski definition) is 5. The topological polar surface area (TPSA) is 175 Å². The van der Waals surface area contributed by atoms with Crippen molar-refractivity contribution in [2.75, 3.05) is 26.2 Å². The summed E-state index contributed by atoms with van der Waals surface area (Å²) in [6, 6.07) is 4.52. The molecular formula is C27H31B2F2N3O9. The highest BCUT2D eigenvalue weighted by Crippen LogP contribution is 2.18. The Hall–Kier alpha value is -3.85. The zero-order valence-corrected chi connectivity index (χ0v) is 23.4. The maximum Gasteiger partial charge on any atom is 0.491 e. The third-order valence-electron chi connectivity index (χ3n) is 7.35. The number of nitrogens with one attached hydrogen (secondary N) is 2. The molecule has 0 radical (unpaired) electrons. The molecule has 0 aromatic heterocycles. The number of halogens is 2. The molecule has 1 atom stereocenters. The van der Waals surface area contributed by atoms with Gasteiger partial charge in [-0.1, -0.05) is 13.3 Å². The van der Waals surface area contributed by atoms with Gasteiger partial charge in [-0.15, -0.1) is 0 Å². The monoisotopic (exact) mass is 601 g/mol. The molecule has 2 aliphatic heterocycles. The second kappa shape index (κ2) is 14.1. The van der Waals surface area contributed by atoms with Crippen molar-refractivity contribution in [3.8, 4) is 0 Å². The van der Waals surface area contributed by atoms with E-state index in [1.165, 1.54) is 12.1 Å². The third kappa shape index (κ3) is 7.76. The molecule has 16 heteroatoms. The van der Waals surface area contributed by atoms with Crippen LogP contribution in [0, 0.1) is 17.6 Å². The van der Waals surface area contributed by atoms with Crippen LogP contribution in [-0.2, 0) is 32.1 Å². The van der Waals surface area contributed by atoms with Gasteiger partial charge in [0.25, 0.3) is 11.8 Å². The number of carbonyl (C=O) groups is 4. The summed E-state index contributed by atoms with van der Waals surface area (Å²) in [6.45, 7) is 0.837. The highest BCUT2D eigenvalue weighted by molar-refractivity contribution is 6.62. The average Bonchev–Trinajstić information content (AvgIpc) is 3.51. The minimum absolute atomic E-state index is 0.00143. The van der Waals surface area contributed by atoms with Crippen LogP contribution in [0.4, 0.5) is 8.78 Å². The summed E-state index contributed by atoms with van der Waals surface area (Å²) in [6.07, 6.45) is 1.49. The van der Waals surface area contributed by atoms with Crippen molar-refractivity contribution < 1.29 is 52.4 Å². The molecule has 0 fully saturated rings. The third-order valence-corrected chi connectivity index (χ3v) is 7.35. The van der Waals surface area contributed by atoms with E-state index in [1.807, 2.05) is 0 Å². The number of fused-ring (bicyclic) bond motifs is 2. The zero-order chi connectivity index (χ0) is 31.3. The fourth-order valence-electron chi connectivity index (χ4n) is 4.81. The van der Waals surface area contributed by atoms with E-state index in [9.17, 15) is 38.0 Å². The summed E-state index contributed by atoms with van der Waals surface area (Å²) in [4.78, 5) is 50.8. The van der Waals surface area contributed by atoms with E-state index in [2.05, 4.69) is 10.6 Å². The zero-order valence-electron chi connectivity index (χ0n) is 23.4. The van der Waals surface area contributed by atoms with Crippen LogP contribution in [-0.4, -0.2) is 84.2 Å². The van der Waals surface area contributed by atoms with Gasteiger partial charge in [-0.25, -0.2) is 8.78 Å². The van der Waals surface area contributed by atoms with Crippen LogP contribution >= 0.6 is 0 Å². The normalized spacial score (nSPS) is 14.3. The first-order valence-corrected chi connectivity index (χ1v) is 13.8. The van der Waals surface area contributed by atoms with Gasteiger partial charge >= 0.3 is 20.2 Å². The Morgan fingerprint density at radius 3 is 2.09 bits per heavy atom. The second-order valence-corrected chi connectivity index (χ2v) is 10.5. The van der Waals surface area contributed by atoms with Crippen molar-refractivity contribution in [1.29, 1.82) is 0 Å². The maximum atomic E-state index is 14.9. The second-order valence-electron chi connectivity index (χ2n) is 10.5. The fraction of sp³-hybridized carbons (Fsp3) is 0.407. The Kier molecular flexibility index (Phi) is 10.5. The van der Waals surface area contributed by atoms with Gasteiger partial charge < -0.3 is 40.0 Å². The van der Waals surface area contributed by atoms with E-state index in [4.69, 9.17) is 14.4 Å². The van der Waals surface area contributed by atoms with E-state index in [1.54, 1.807) is 6.92 Å². The van der Waals surface area contributed by atoms with Gasteiger partial charge in [-0.2, -0.15) is 0 Å². The SMILES string of the molecule is C[C@@H](CCCCNC(=O)CN(CCNC(=O)c1cc2c(cc1F)B(O)OC2)C(=O)c1cc2c(cc1F)B(O)OC2)C(=O)O. The van der Waals surface area contributed by atoms with E-state index in [0.717, 1.165) is 17.0 Å². The largest absolute Gasteiger partial charge is 0.491 e. The standard InChI is InChI=1S/C27H31B2F2N3O9/c1-15(27(38)39)4-2-3-5-32-24(35)12-34(26(37)19-9-17-14-43-29(41)21(17)11-23(19)31)7-6-33-25(36)18-8-16-13-42-28(40)20(16)10-22(18)30/h8-11,15,40-41H,2-7,12-14H2,1H3,(H,32,35)(H,33,36)(H,38,39)/t15-/m0/s1. The lowest BCUT2D eigenvalue weighted by Gasteiger charge is -2.23. The Balaban J connectivity index is 1.41. The number of carbonyl (C=O) groups excluding carboxylic acids is 3. The lowest BCUT2D eigenvalue weighted by Crippen LogP contribution is -2.45. The van der Waals surface area contributed by atoms with Crippen molar-refractivity contribution in [2.45, 2.75) is 39.4 Å². The molecule has 0 saturated carbocycles. The predicted molar refractivity (Wildman–Crippen MR) is 149 cm³/mol. The van der Waals surface area contributed by atoms with Gasteiger partial charge in [0.2, 0.25) is 5.91 Å². The van der Waals surface area contributed by atoms with E-state index >= 15 is 0 Å². The molecule has 228 valence electrons. The van der Waals surface area contributed by atoms with E-state index in [-0.39, 0.29) is 54.9 Å². The highest BCUT2D eigenvalue weighted by Gasteiger charge is 2.32. The molecule has 2 aliphatic rings. The lowest BCUT2D eigenvalue weighted by molar-refractivity contribution is -0.141. The molecule has 12 nitrogen and oxygen atoms in total. The minimum atomic E-state index is -1.32. The van der Waals surface area contributed by atoms with Gasteiger partial charge in [0, 0.05) is 19.6 Å². The number of aliphatic carboxylic acids is 1. The molecule has 0 saturated heterocycles. The molecule has 0 bridgehead atoms. The van der Waals surface area contributed by atoms with Crippen molar-refractivity contribution >= 4 is 48.9 Å². The number of unbranched alkanes of at least 4 members (excludes halogenated alkanes) is 1. The fourth-order valence-corrected chi connectivity index (χ4v) is 4.81. The smallest absolute Gasteiger partial charge is 0.481 e. The van der Waals surface area contributed by atoms with Crippen LogP contribution in [0.3, 0.4) is 0 Å². The number of rotatable bonds is 13.